The van der Waals surface area contributed by atoms with Gasteiger partial charge in [0, 0.05) is 18.8 Å². The molecule has 23 heavy (non-hydrogen) atoms. The topological polar surface area (TPSA) is 90.9 Å². The Labute approximate surface area is 133 Å². The number of hydrogen-bond acceptors (Lipinski definition) is 6. The Morgan fingerprint density at radius 2 is 2.30 bits per heavy atom. The van der Waals surface area contributed by atoms with Crippen LogP contribution in [0.2, 0.25) is 0 Å². The lowest BCUT2D eigenvalue weighted by Crippen LogP contribution is -2.22. The van der Waals surface area contributed by atoms with Crippen LogP contribution in [-0.4, -0.2) is 38.5 Å². The van der Waals surface area contributed by atoms with Crippen molar-refractivity contribution >= 4 is 11.5 Å². The number of nitriles is 1. The van der Waals surface area contributed by atoms with E-state index < -0.39 is 0 Å². The van der Waals surface area contributed by atoms with Gasteiger partial charge in [-0.3, -0.25) is 9.38 Å². The number of rotatable bonds is 3. The van der Waals surface area contributed by atoms with Gasteiger partial charge in [-0.2, -0.15) is 5.26 Å². The summed E-state index contributed by atoms with van der Waals surface area (Å²) < 4.78 is 1.91. The summed E-state index contributed by atoms with van der Waals surface area (Å²) in [5.74, 6) is 0.764. The third-order valence-electron chi connectivity index (χ3n) is 3.95. The molecule has 0 aromatic carbocycles. The number of aromatic nitrogens is 4. The van der Waals surface area contributed by atoms with Crippen LogP contribution in [0.4, 0.5) is 5.82 Å². The monoisotopic (exact) mass is 305 g/mol. The van der Waals surface area contributed by atoms with E-state index in [1.54, 1.807) is 30.7 Å². The largest absolute Gasteiger partial charge is 0.365 e. The molecular weight excluding hydrogens is 290 g/mol. The van der Waals surface area contributed by atoms with Crippen molar-refractivity contribution in [3.8, 4) is 17.5 Å². The van der Waals surface area contributed by atoms with Crippen molar-refractivity contribution < 1.29 is 0 Å². The number of fused-ring (bicyclic) bond motifs is 1. The Hall–Kier alpha value is -2.98. The summed E-state index contributed by atoms with van der Waals surface area (Å²) in [6, 6.07) is 6.02. The number of pyridine rings is 1. The highest BCUT2D eigenvalue weighted by atomic mass is 15.1. The summed E-state index contributed by atoms with van der Waals surface area (Å²) >= 11 is 0. The molecule has 7 nitrogen and oxygen atoms in total. The van der Waals surface area contributed by atoms with Crippen LogP contribution in [-0.2, 0) is 0 Å². The van der Waals surface area contributed by atoms with Crippen molar-refractivity contribution in [3.63, 3.8) is 0 Å². The van der Waals surface area contributed by atoms with Gasteiger partial charge in [-0.15, -0.1) is 0 Å². The van der Waals surface area contributed by atoms with Gasteiger partial charge < -0.3 is 10.6 Å². The zero-order valence-corrected chi connectivity index (χ0v) is 12.4. The van der Waals surface area contributed by atoms with Gasteiger partial charge in [0.25, 0.3) is 0 Å². The van der Waals surface area contributed by atoms with E-state index in [0.29, 0.717) is 11.6 Å². The minimum Gasteiger partial charge on any atom is -0.365 e. The Balaban J connectivity index is 1.69. The molecule has 0 aliphatic carbocycles. The summed E-state index contributed by atoms with van der Waals surface area (Å²) in [7, 11) is 0. The molecule has 1 atom stereocenters. The van der Waals surface area contributed by atoms with E-state index in [1.807, 2.05) is 10.6 Å². The zero-order valence-electron chi connectivity index (χ0n) is 12.4. The fourth-order valence-corrected chi connectivity index (χ4v) is 2.79. The SMILES string of the molecule is N#Cc1ccn2c(-c3cncc(N[C@@H]4CCNC4)n3)cnc2c1. The Morgan fingerprint density at radius 1 is 1.35 bits per heavy atom. The number of anilines is 1. The van der Waals surface area contributed by atoms with Gasteiger partial charge in [0.2, 0.25) is 0 Å². The van der Waals surface area contributed by atoms with Crippen molar-refractivity contribution in [2.45, 2.75) is 12.5 Å². The van der Waals surface area contributed by atoms with Crippen LogP contribution >= 0.6 is 0 Å². The fraction of sp³-hybridized carbons (Fsp3) is 0.250. The van der Waals surface area contributed by atoms with E-state index in [-0.39, 0.29) is 0 Å². The Bertz CT molecular complexity index is 887. The van der Waals surface area contributed by atoms with Crippen LogP contribution in [0.15, 0.2) is 36.9 Å². The first-order chi connectivity index (χ1) is 11.3. The number of imidazole rings is 1. The molecule has 4 rings (SSSR count). The predicted octanol–water partition coefficient (Wildman–Crippen LogP) is 1.44. The van der Waals surface area contributed by atoms with E-state index in [9.17, 15) is 0 Å². The van der Waals surface area contributed by atoms with Crippen LogP contribution in [0.5, 0.6) is 0 Å². The minimum absolute atomic E-state index is 0.389. The summed E-state index contributed by atoms with van der Waals surface area (Å²) in [6.07, 6.45) is 8.12. The molecule has 0 amide bonds. The lowest BCUT2D eigenvalue weighted by molar-refractivity contribution is 0.786. The highest BCUT2D eigenvalue weighted by molar-refractivity contribution is 5.62. The number of nitrogens with zero attached hydrogens (tertiary/aromatic N) is 5. The van der Waals surface area contributed by atoms with Gasteiger partial charge in [-0.1, -0.05) is 0 Å². The molecule has 7 heteroatoms. The van der Waals surface area contributed by atoms with E-state index in [1.165, 1.54) is 0 Å². The van der Waals surface area contributed by atoms with Crippen LogP contribution < -0.4 is 10.6 Å². The summed E-state index contributed by atoms with van der Waals surface area (Å²) in [5.41, 5.74) is 2.91. The van der Waals surface area contributed by atoms with Gasteiger partial charge in [0.1, 0.15) is 17.2 Å². The zero-order chi connectivity index (χ0) is 15.6. The second kappa shape index (κ2) is 5.66. The molecule has 2 N–H and O–H groups in total. The molecule has 0 spiro atoms. The first-order valence-corrected chi connectivity index (χ1v) is 7.50. The summed E-state index contributed by atoms with van der Waals surface area (Å²) in [4.78, 5) is 13.3. The average molecular weight is 305 g/mol. The van der Waals surface area contributed by atoms with E-state index in [2.05, 4.69) is 31.7 Å². The van der Waals surface area contributed by atoms with Crippen molar-refractivity contribution in [1.82, 2.24) is 24.7 Å². The maximum Gasteiger partial charge on any atom is 0.145 e. The van der Waals surface area contributed by atoms with E-state index in [4.69, 9.17) is 5.26 Å². The smallest absolute Gasteiger partial charge is 0.145 e. The molecule has 1 aliphatic heterocycles. The van der Waals surface area contributed by atoms with Crippen molar-refractivity contribution in [1.29, 1.82) is 5.26 Å². The highest BCUT2D eigenvalue weighted by Crippen LogP contribution is 2.20. The normalized spacial score (nSPS) is 17.3. The lowest BCUT2D eigenvalue weighted by atomic mass is 10.2. The van der Waals surface area contributed by atoms with Gasteiger partial charge in [0.15, 0.2) is 0 Å². The molecule has 1 fully saturated rings. The summed E-state index contributed by atoms with van der Waals surface area (Å²) in [5, 5.41) is 15.7. The molecule has 0 saturated carbocycles. The third-order valence-corrected chi connectivity index (χ3v) is 3.95. The van der Waals surface area contributed by atoms with Crippen LogP contribution in [0.25, 0.3) is 17.0 Å². The maximum absolute atomic E-state index is 8.97. The molecule has 0 radical (unpaired) electrons. The Morgan fingerprint density at radius 3 is 3.13 bits per heavy atom. The molecule has 1 saturated heterocycles. The van der Waals surface area contributed by atoms with Crippen LogP contribution in [0, 0.1) is 11.3 Å². The van der Waals surface area contributed by atoms with Crippen molar-refractivity contribution in [2.75, 3.05) is 18.4 Å². The second-order valence-electron chi connectivity index (χ2n) is 5.52. The van der Waals surface area contributed by atoms with E-state index in [0.717, 1.165) is 42.4 Å². The van der Waals surface area contributed by atoms with Gasteiger partial charge in [-0.05, 0) is 25.1 Å². The molecule has 114 valence electrons. The first-order valence-electron chi connectivity index (χ1n) is 7.50. The fourth-order valence-electron chi connectivity index (χ4n) is 2.79. The van der Waals surface area contributed by atoms with E-state index >= 15 is 0 Å². The van der Waals surface area contributed by atoms with Gasteiger partial charge >= 0.3 is 0 Å². The molecule has 0 unspecified atom stereocenters. The summed E-state index contributed by atoms with van der Waals surface area (Å²) in [6.45, 7) is 1.97. The quantitative estimate of drug-likeness (QED) is 0.761. The minimum atomic E-state index is 0.389. The third kappa shape index (κ3) is 2.60. The number of hydrogen-bond donors (Lipinski definition) is 2. The van der Waals surface area contributed by atoms with Crippen molar-refractivity contribution in [2.24, 2.45) is 0 Å². The molecule has 3 aromatic rings. The predicted molar refractivity (Wildman–Crippen MR) is 85.8 cm³/mol. The van der Waals surface area contributed by atoms with Gasteiger partial charge in [0.05, 0.1) is 35.9 Å². The molecule has 1 aliphatic rings. The van der Waals surface area contributed by atoms with Gasteiger partial charge in [-0.25, -0.2) is 9.97 Å². The molecule has 0 bridgehead atoms. The standard InChI is InChI=1S/C16H15N7/c17-6-11-2-4-23-14(9-20-16(23)5-11)13-8-19-10-15(22-13)21-12-1-3-18-7-12/h2,4-5,8-10,12,18H,1,3,7H2,(H,21,22)/t12-/m1/s1. The van der Waals surface area contributed by atoms with Crippen LogP contribution in [0.1, 0.15) is 12.0 Å². The van der Waals surface area contributed by atoms with Crippen LogP contribution in [0.3, 0.4) is 0 Å². The highest BCUT2D eigenvalue weighted by Gasteiger charge is 2.15. The molecule has 3 aromatic heterocycles. The average Bonchev–Trinajstić information content (AvgIpc) is 3.23. The lowest BCUT2D eigenvalue weighted by Gasteiger charge is -2.12. The van der Waals surface area contributed by atoms with Crippen molar-refractivity contribution in [3.05, 3.63) is 42.5 Å². The Kier molecular flexibility index (Phi) is 3.37. The second-order valence-corrected chi connectivity index (χ2v) is 5.52. The molecular formula is C16H15N7. The maximum atomic E-state index is 8.97. The molecule has 4 heterocycles. The first kappa shape index (κ1) is 13.7. The number of nitrogens with one attached hydrogen (secondary N) is 2.